The topological polar surface area (TPSA) is 115 Å². The summed E-state index contributed by atoms with van der Waals surface area (Å²) in [6.45, 7) is 1.81. The highest BCUT2D eigenvalue weighted by atomic mass is 32.2. The average Bonchev–Trinajstić information content (AvgIpc) is 2.58. The number of nitrogens with two attached hydrogens (primary N) is 1. The van der Waals surface area contributed by atoms with Gasteiger partial charge in [-0.05, 0) is 42.3 Å². The molecule has 27 heavy (non-hydrogen) atoms. The Morgan fingerprint density at radius 2 is 1.67 bits per heavy atom. The summed E-state index contributed by atoms with van der Waals surface area (Å²) in [5.41, 5.74) is 1.67. The molecule has 9 heteroatoms. The number of benzene rings is 2. The number of carbonyl (C=O) groups is 1. The molecule has 0 unspecified atom stereocenters. The molecule has 0 aromatic heterocycles. The van der Waals surface area contributed by atoms with E-state index in [9.17, 15) is 21.6 Å². The van der Waals surface area contributed by atoms with Gasteiger partial charge in [0.15, 0.2) is 9.84 Å². The summed E-state index contributed by atoms with van der Waals surface area (Å²) < 4.78 is 45.6. The molecule has 0 aliphatic heterocycles. The van der Waals surface area contributed by atoms with Crippen molar-refractivity contribution in [2.24, 2.45) is 5.14 Å². The Labute approximate surface area is 159 Å². The summed E-state index contributed by atoms with van der Waals surface area (Å²) in [5, 5.41) is 5.09. The lowest BCUT2D eigenvalue weighted by Gasteiger charge is -2.25. The highest BCUT2D eigenvalue weighted by Crippen LogP contribution is 2.22. The standard InChI is InChI=1S/C18H22N2O5S2/c1-13(15-7-9-17(10-8-15)27(19,24)25)20(2)18(21)16-6-4-5-14(11-16)12-26(3,22)23/h4-11,13H,12H2,1-3H3,(H2,19,24,25)/t13-/m0/s1. The van der Waals surface area contributed by atoms with Crippen LogP contribution >= 0.6 is 0 Å². The van der Waals surface area contributed by atoms with Crippen molar-refractivity contribution in [1.29, 1.82) is 0 Å². The summed E-state index contributed by atoms with van der Waals surface area (Å²) in [7, 11) is -5.35. The van der Waals surface area contributed by atoms with Crippen molar-refractivity contribution >= 4 is 25.8 Å². The van der Waals surface area contributed by atoms with E-state index in [2.05, 4.69) is 0 Å². The lowest BCUT2D eigenvalue weighted by molar-refractivity contribution is 0.0742. The van der Waals surface area contributed by atoms with Gasteiger partial charge >= 0.3 is 0 Å². The first-order chi connectivity index (χ1) is 12.4. The Kier molecular flexibility index (Phi) is 6.08. The lowest BCUT2D eigenvalue weighted by atomic mass is 10.1. The van der Waals surface area contributed by atoms with Crippen LogP contribution in [0, 0.1) is 0 Å². The molecule has 0 bridgehead atoms. The predicted octanol–water partition coefficient (Wildman–Crippen LogP) is 1.71. The van der Waals surface area contributed by atoms with Crippen LogP contribution in [0.3, 0.4) is 0 Å². The summed E-state index contributed by atoms with van der Waals surface area (Å²) in [4.78, 5) is 14.3. The van der Waals surface area contributed by atoms with E-state index >= 15 is 0 Å². The van der Waals surface area contributed by atoms with E-state index in [-0.39, 0.29) is 22.6 Å². The van der Waals surface area contributed by atoms with E-state index < -0.39 is 19.9 Å². The summed E-state index contributed by atoms with van der Waals surface area (Å²) in [5.74, 6) is -0.407. The van der Waals surface area contributed by atoms with E-state index in [1.807, 2.05) is 6.92 Å². The van der Waals surface area contributed by atoms with Crippen LogP contribution in [0.1, 0.15) is 34.5 Å². The van der Waals surface area contributed by atoms with Crippen LogP contribution in [0.5, 0.6) is 0 Å². The van der Waals surface area contributed by atoms with Crippen LogP contribution < -0.4 is 5.14 Å². The smallest absolute Gasteiger partial charge is 0.254 e. The maximum Gasteiger partial charge on any atom is 0.254 e. The fourth-order valence-corrected chi connectivity index (χ4v) is 3.94. The van der Waals surface area contributed by atoms with Crippen LogP contribution in [-0.4, -0.2) is 40.9 Å². The second-order valence-electron chi connectivity index (χ2n) is 6.48. The van der Waals surface area contributed by atoms with Crippen LogP contribution in [-0.2, 0) is 25.6 Å². The van der Waals surface area contributed by atoms with Crippen molar-refractivity contribution in [3.63, 3.8) is 0 Å². The number of rotatable bonds is 6. The van der Waals surface area contributed by atoms with E-state index in [0.29, 0.717) is 11.1 Å². The van der Waals surface area contributed by atoms with Crippen molar-refractivity contribution in [3.8, 4) is 0 Å². The molecule has 2 aromatic rings. The van der Waals surface area contributed by atoms with Crippen molar-refractivity contribution in [3.05, 3.63) is 65.2 Å². The third kappa shape index (κ3) is 5.62. The molecule has 1 atom stereocenters. The Morgan fingerprint density at radius 3 is 2.19 bits per heavy atom. The Bertz CT molecular complexity index is 1050. The molecule has 2 aromatic carbocycles. The highest BCUT2D eigenvalue weighted by molar-refractivity contribution is 7.90. The van der Waals surface area contributed by atoms with Crippen LogP contribution in [0.4, 0.5) is 0 Å². The first-order valence-corrected chi connectivity index (χ1v) is 11.7. The minimum absolute atomic E-state index is 0.000839. The molecule has 0 fully saturated rings. The first kappa shape index (κ1) is 21.1. The number of hydrogen-bond donors (Lipinski definition) is 1. The van der Waals surface area contributed by atoms with Gasteiger partial charge in [-0.3, -0.25) is 4.79 Å². The molecule has 0 saturated carbocycles. The van der Waals surface area contributed by atoms with Gasteiger partial charge in [0, 0.05) is 18.9 Å². The number of sulfone groups is 1. The lowest BCUT2D eigenvalue weighted by Crippen LogP contribution is -2.29. The van der Waals surface area contributed by atoms with Gasteiger partial charge in [0.05, 0.1) is 16.7 Å². The molecule has 2 N–H and O–H groups in total. The maximum absolute atomic E-state index is 12.8. The van der Waals surface area contributed by atoms with Crippen LogP contribution in [0.15, 0.2) is 53.4 Å². The predicted molar refractivity (Wildman–Crippen MR) is 103 cm³/mol. The zero-order valence-electron chi connectivity index (χ0n) is 15.3. The highest BCUT2D eigenvalue weighted by Gasteiger charge is 2.20. The van der Waals surface area contributed by atoms with Gasteiger partial charge in [-0.25, -0.2) is 22.0 Å². The Hall–Kier alpha value is -2.23. The van der Waals surface area contributed by atoms with Gasteiger partial charge < -0.3 is 4.90 Å². The molecule has 0 heterocycles. The van der Waals surface area contributed by atoms with Gasteiger partial charge in [0.25, 0.3) is 5.91 Å². The van der Waals surface area contributed by atoms with E-state index in [1.54, 1.807) is 43.4 Å². The molecule has 146 valence electrons. The molecular formula is C18H22N2O5S2. The molecule has 2 rings (SSSR count). The molecule has 0 aliphatic carbocycles. The number of primary sulfonamides is 1. The van der Waals surface area contributed by atoms with Gasteiger partial charge in [0.1, 0.15) is 0 Å². The molecular weight excluding hydrogens is 388 g/mol. The maximum atomic E-state index is 12.8. The fraction of sp³-hybridized carbons (Fsp3) is 0.278. The van der Waals surface area contributed by atoms with Crippen molar-refractivity contribution < 1.29 is 21.6 Å². The molecule has 1 amide bonds. The largest absolute Gasteiger partial charge is 0.335 e. The number of sulfonamides is 1. The number of amides is 1. The molecule has 0 radical (unpaired) electrons. The van der Waals surface area contributed by atoms with Crippen LogP contribution in [0.2, 0.25) is 0 Å². The number of nitrogens with zero attached hydrogens (tertiary/aromatic N) is 1. The fourth-order valence-electron chi connectivity index (χ4n) is 2.64. The second-order valence-corrected chi connectivity index (χ2v) is 10.2. The zero-order chi connectivity index (χ0) is 20.4. The number of carbonyl (C=O) groups excluding carboxylic acids is 1. The Morgan fingerprint density at radius 1 is 1.07 bits per heavy atom. The summed E-state index contributed by atoms with van der Waals surface area (Å²) >= 11 is 0. The normalized spacial score (nSPS) is 13.2. The molecule has 0 saturated heterocycles. The molecule has 0 aliphatic rings. The van der Waals surface area contributed by atoms with Gasteiger partial charge in [0.2, 0.25) is 10.0 Å². The number of hydrogen-bond acceptors (Lipinski definition) is 5. The van der Waals surface area contributed by atoms with Crippen molar-refractivity contribution in [1.82, 2.24) is 4.90 Å². The Balaban J connectivity index is 2.22. The quantitative estimate of drug-likeness (QED) is 0.778. The monoisotopic (exact) mass is 410 g/mol. The first-order valence-electron chi connectivity index (χ1n) is 8.05. The van der Waals surface area contributed by atoms with E-state index in [1.165, 1.54) is 17.0 Å². The second kappa shape index (κ2) is 7.79. The summed E-state index contributed by atoms with van der Waals surface area (Å²) in [6, 6.07) is 12.2. The zero-order valence-corrected chi connectivity index (χ0v) is 16.9. The molecule has 7 nitrogen and oxygen atoms in total. The SMILES string of the molecule is C[C@@H](c1ccc(S(N)(=O)=O)cc1)N(C)C(=O)c1cccc(CS(C)(=O)=O)c1. The minimum atomic E-state index is -3.77. The van der Waals surface area contributed by atoms with Crippen LogP contribution in [0.25, 0.3) is 0 Å². The van der Waals surface area contributed by atoms with E-state index in [0.717, 1.165) is 11.8 Å². The summed E-state index contributed by atoms with van der Waals surface area (Å²) in [6.07, 6.45) is 1.14. The third-order valence-electron chi connectivity index (χ3n) is 4.20. The van der Waals surface area contributed by atoms with Crippen molar-refractivity contribution in [2.45, 2.75) is 23.6 Å². The average molecular weight is 411 g/mol. The van der Waals surface area contributed by atoms with Gasteiger partial charge in [-0.2, -0.15) is 0 Å². The van der Waals surface area contributed by atoms with Gasteiger partial charge in [-0.1, -0.05) is 24.3 Å². The third-order valence-corrected chi connectivity index (χ3v) is 5.98. The van der Waals surface area contributed by atoms with E-state index in [4.69, 9.17) is 5.14 Å². The minimum Gasteiger partial charge on any atom is -0.335 e. The van der Waals surface area contributed by atoms with Gasteiger partial charge in [-0.15, -0.1) is 0 Å². The molecule has 0 spiro atoms. The van der Waals surface area contributed by atoms with Crippen molar-refractivity contribution in [2.75, 3.05) is 13.3 Å².